The third kappa shape index (κ3) is 2.85. The monoisotopic (exact) mass is 239 g/mol. The summed E-state index contributed by atoms with van der Waals surface area (Å²) >= 11 is 0. The molecule has 2 rings (SSSR count). The summed E-state index contributed by atoms with van der Waals surface area (Å²) in [5, 5.41) is 3.73. The molecule has 2 nitrogen and oxygen atoms in total. The standard InChI is InChI=1S/C15H29NO/c1-12-15(9-10-17-12,11-16-14(2,3)4)13-7-5-6-8-13/h12-13,16H,5-11H2,1-4H3. The molecule has 17 heavy (non-hydrogen) atoms. The SMILES string of the molecule is CC1OCCC1(CNC(C)(C)C)C1CCCC1. The Bertz CT molecular complexity index is 252. The van der Waals surface area contributed by atoms with Gasteiger partial charge in [0.1, 0.15) is 0 Å². The van der Waals surface area contributed by atoms with Gasteiger partial charge < -0.3 is 10.1 Å². The van der Waals surface area contributed by atoms with E-state index in [4.69, 9.17) is 4.74 Å². The van der Waals surface area contributed by atoms with E-state index in [1.54, 1.807) is 0 Å². The molecule has 0 spiro atoms. The zero-order valence-corrected chi connectivity index (χ0v) is 12.0. The second-order valence-electron chi connectivity index (χ2n) is 7.08. The van der Waals surface area contributed by atoms with Crippen molar-refractivity contribution in [2.24, 2.45) is 11.3 Å². The summed E-state index contributed by atoms with van der Waals surface area (Å²) in [6.45, 7) is 11.2. The largest absolute Gasteiger partial charge is 0.378 e. The molecular weight excluding hydrogens is 210 g/mol. The van der Waals surface area contributed by atoms with Crippen LogP contribution in [0, 0.1) is 11.3 Å². The van der Waals surface area contributed by atoms with Gasteiger partial charge in [-0.05, 0) is 52.9 Å². The Morgan fingerprint density at radius 2 is 1.88 bits per heavy atom. The molecule has 0 bridgehead atoms. The minimum atomic E-state index is 0.216. The first-order valence-electron chi connectivity index (χ1n) is 7.31. The van der Waals surface area contributed by atoms with Crippen LogP contribution in [0.1, 0.15) is 59.8 Å². The molecule has 2 heteroatoms. The maximum absolute atomic E-state index is 5.91. The van der Waals surface area contributed by atoms with Gasteiger partial charge in [-0.15, -0.1) is 0 Å². The summed E-state index contributed by atoms with van der Waals surface area (Å²) in [4.78, 5) is 0. The molecule has 1 heterocycles. The van der Waals surface area contributed by atoms with Crippen LogP contribution in [-0.4, -0.2) is 24.8 Å². The Balaban J connectivity index is 2.07. The van der Waals surface area contributed by atoms with Gasteiger partial charge in [-0.3, -0.25) is 0 Å². The summed E-state index contributed by atoms with van der Waals surface area (Å²) in [6, 6.07) is 0. The van der Waals surface area contributed by atoms with Gasteiger partial charge >= 0.3 is 0 Å². The van der Waals surface area contributed by atoms with Crippen LogP contribution in [0.25, 0.3) is 0 Å². The number of rotatable bonds is 3. The molecule has 100 valence electrons. The van der Waals surface area contributed by atoms with Crippen molar-refractivity contribution in [3.05, 3.63) is 0 Å². The van der Waals surface area contributed by atoms with E-state index in [2.05, 4.69) is 33.0 Å². The summed E-state index contributed by atoms with van der Waals surface area (Å²) in [7, 11) is 0. The molecular formula is C15H29NO. The van der Waals surface area contributed by atoms with Gasteiger partial charge in [0.05, 0.1) is 6.10 Å². The van der Waals surface area contributed by atoms with Gasteiger partial charge in [-0.2, -0.15) is 0 Å². The average Bonchev–Trinajstić information content (AvgIpc) is 2.83. The zero-order chi connectivity index (χ0) is 12.5. The highest BCUT2D eigenvalue weighted by atomic mass is 16.5. The lowest BCUT2D eigenvalue weighted by Gasteiger charge is -2.40. The lowest BCUT2D eigenvalue weighted by Crippen LogP contribution is -2.49. The lowest BCUT2D eigenvalue weighted by atomic mass is 9.69. The first kappa shape index (κ1) is 13.4. The average molecular weight is 239 g/mol. The van der Waals surface area contributed by atoms with Crippen molar-refractivity contribution in [2.75, 3.05) is 13.2 Å². The fraction of sp³-hybridized carbons (Fsp3) is 1.00. The second kappa shape index (κ2) is 4.89. The smallest absolute Gasteiger partial charge is 0.0618 e. The number of hydrogen-bond acceptors (Lipinski definition) is 2. The van der Waals surface area contributed by atoms with Crippen LogP contribution in [0.4, 0.5) is 0 Å². The maximum atomic E-state index is 5.91. The van der Waals surface area contributed by atoms with Gasteiger partial charge in [0.15, 0.2) is 0 Å². The maximum Gasteiger partial charge on any atom is 0.0618 e. The summed E-state index contributed by atoms with van der Waals surface area (Å²) in [5.41, 5.74) is 0.623. The van der Waals surface area contributed by atoms with Gasteiger partial charge in [-0.1, -0.05) is 12.8 Å². The molecule has 0 aromatic heterocycles. The molecule has 2 atom stereocenters. The number of nitrogens with one attached hydrogen (secondary N) is 1. The van der Waals surface area contributed by atoms with Gasteiger partial charge in [0.25, 0.3) is 0 Å². The predicted molar refractivity (Wildman–Crippen MR) is 72.2 cm³/mol. The molecule has 0 amide bonds. The predicted octanol–water partition coefficient (Wildman–Crippen LogP) is 3.36. The van der Waals surface area contributed by atoms with Crippen molar-refractivity contribution in [3.63, 3.8) is 0 Å². The van der Waals surface area contributed by atoms with Crippen molar-refractivity contribution < 1.29 is 4.74 Å². The van der Waals surface area contributed by atoms with E-state index in [9.17, 15) is 0 Å². The fourth-order valence-corrected chi connectivity index (χ4v) is 3.64. The van der Waals surface area contributed by atoms with Crippen LogP contribution in [0.3, 0.4) is 0 Å². The summed E-state index contributed by atoms with van der Waals surface area (Å²) in [6.07, 6.45) is 7.37. The Morgan fingerprint density at radius 1 is 1.24 bits per heavy atom. The molecule has 2 unspecified atom stereocenters. The normalized spacial score (nSPS) is 35.6. The highest BCUT2D eigenvalue weighted by Crippen LogP contribution is 2.48. The molecule has 1 aliphatic carbocycles. The first-order chi connectivity index (χ1) is 7.94. The van der Waals surface area contributed by atoms with E-state index in [-0.39, 0.29) is 5.54 Å². The quantitative estimate of drug-likeness (QED) is 0.815. The van der Waals surface area contributed by atoms with E-state index in [1.807, 2.05) is 0 Å². The molecule has 1 N–H and O–H groups in total. The Hall–Kier alpha value is -0.0800. The van der Waals surface area contributed by atoms with Crippen LogP contribution >= 0.6 is 0 Å². The number of ether oxygens (including phenoxy) is 1. The lowest BCUT2D eigenvalue weighted by molar-refractivity contribution is 0.0254. The van der Waals surface area contributed by atoms with E-state index < -0.39 is 0 Å². The third-order valence-corrected chi connectivity index (χ3v) is 4.86. The van der Waals surface area contributed by atoms with Crippen LogP contribution in [0.15, 0.2) is 0 Å². The molecule has 1 saturated carbocycles. The van der Waals surface area contributed by atoms with Crippen molar-refractivity contribution in [1.29, 1.82) is 0 Å². The topological polar surface area (TPSA) is 21.3 Å². The first-order valence-corrected chi connectivity index (χ1v) is 7.31. The van der Waals surface area contributed by atoms with Crippen LogP contribution in [-0.2, 0) is 4.74 Å². The highest BCUT2D eigenvalue weighted by Gasteiger charge is 2.48. The van der Waals surface area contributed by atoms with Gasteiger partial charge in [0, 0.05) is 24.1 Å². The van der Waals surface area contributed by atoms with Gasteiger partial charge in [-0.25, -0.2) is 0 Å². The van der Waals surface area contributed by atoms with Crippen molar-refractivity contribution in [3.8, 4) is 0 Å². The molecule has 0 aromatic rings. The molecule has 0 aromatic carbocycles. The molecule has 2 fully saturated rings. The van der Waals surface area contributed by atoms with Gasteiger partial charge in [0.2, 0.25) is 0 Å². The van der Waals surface area contributed by atoms with E-state index in [1.165, 1.54) is 32.1 Å². The highest BCUT2D eigenvalue weighted by molar-refractivity contribution is 4.99. The third-order valence-electron chi connectivity index (χ3n) is 4.86. The molecule has 2 aliphatic rings. The molecule has 0 radical (unpaired) electrons. The summed E-state index contributed by atoms with van der Waals surface area (Å²) in [5.74, 6) is 0.884. The minimum absolute atomic E-state index is 0.216. The Morgan fingerprint density at radius 3 is 2.35 bits per heavy atom. The number of hydrogen-bond donors (Lipinski definition) is 1. The van der Waals surface area contributed by atoms with Crippen LogP contribution in [0.2, 0.25) is 0 Å². The summed E-state index contributed by atoms with van der Waals surface area (Å²) < 4.78 is 5.91. The van der Waals surface area contributed by atoms with Crippen molar-refractivity contribution in [2.45, 2.75) is 71.4 Å². The molecule has 1 saturated heterocycles. The van der Waals surface area contributed by atoms with E-state index in [0.29, 0.717) is 11.5 Å². The van der Waals surface area contributed by atoms with E-state index >= 15 is 0 Å². The fourth-order valence-electron chi connectivity index (χ4n) is 3.64. The van der Waals surface area contributed by atoms with Crippen molar-refractivity contribution in [1.82, 2.24) is 5.32 Å². The van der Waals surface area contributed by atoms with Crippen LogP contribution in [0.5, 0.6) is 0 Å². The minimum Gasteiger partial charge on any atom is -0.378 e. The zero-order valence-electron chi connectivity index (χ0n) is 12.0. The van der Waals surface area contributed by atoms with Crippen LogP contribution < -0.4 is 5.32 Å². The molecule has 1 aliphatic heterocycles. The van der Waals surface area contributed by atoms with E-state index in [0.717, 1.165) is 19.1 Å². The van der Waals surface area contributed by atoms with Crippen molar-refractivity contribution >= 4 is 0 Å². The second-order valence-corrected chi connectivity index (χ2v) is 7.08. The Kier molecular flexibility index (Phi) is 3.84. The Labute approximate surface area is 107 Å².